The summed E-state index contributed by atoms with van der Waals surface area (Å²) >= 11 is 0. The van der Waals surface area contributed by atoms with Gasteiger partial charge in [-0.05, 0) is 40.8 Å². The SMILES string of the molecule is CCC(=O)N1CCc2ccc(NC(=O)NC(c3ccccc3)c3ccccc3)cc2C1. The number of carbonyl (C=O) groups excluding carboxylic acids is 2. The van der Waals surface area contributed by atoms with Crippen LogP contribution in [0, 0.1) is 0 Å². The second-order valence-electron chi connectivity index (χ2n) is 7.76. The fourth-order valence-electron chi connectivity index (χ4n) is 4.02. The highest BCUT2D eigenvalue weighted by Gasteiger charge is 2.21. The smallest absolute Gasteiger partial charge is 0.319 e. The van der Waals surface area contributed by atoms with Crippen LogP contribution in [0.15, 0.2) is 78.9 Å². The van der Waals surface area contributed by atoms with Crippen LogP contribution in [0.1, 0.15) is 41.6 Å². The van der Waals surface area contributed by atoms with Crippen LogP contribution in [0.2, 0.25) is 0 Å². The first kappa shape index (κ1) is 20.7. The molecule has 0 radical (unpaired) electrons. The van der Waals surface area contributed by atoms with Crippen LogP contribution < -0.4 is 10.6 Å². The molecule has 0 bridgehead atoms. The number of hydrogen-bond acceptors (Lipinski definition) is 2. The first-order valence-corrected chi connectivity index (χ1v) is 10.7. The summed E-state index contributed by atoms with van der Waals surface area (Å²) in [7, 11) is 0. The number of fused-ring (bicyclic) bond motifs is 1. The van der Waals surface area contributed by atoms with Crippen molar-refractivity contribution < 1.29 is 9.59 Å². The molecule has 3 aromatic rings. The van der Waals surface area contributed by atoms with Crippen LogP contribution in [0.25, 0.3) is 0 Å². The lowest BCUT2D eigenvalue weighted by Gasteiger charge is -2.29. The van der Waals surface area contributed by atoms with E-state index < -0.39 is 0 Å². The number of urea groups is 1. The maximum atomic E-state index is 12.9. The molecule has 0 aliphatic carbocycles. The Kier molecular flexibility index (Phi) is 6.32. The van der Waals surface area contributed by atoms with Crippen molar-refractivity contribution in [2.45, 2.75) is 32.4 Å². The van der Waals surface area contributed by atoms with Gasteiger partial charge in [0.25, 0.3) is 0 Å². The van der Waals surface area contributed by atoms with Gasteiger partial charge in [0.1, 0.15) is 0 Å². The third-order valence-electron chi connectivity index (χ3n) is 5.67. The third-order valence-corrected chi connectivity index (χ3v) is 5.67. The molecule has 5 nitrogen and oxygen atoms in total. The van der Waals surface area contributed by atoms with Crippen molar-refractivity contribution in [3.05, 3.63) is 101 Å². The number of carbonyl (C=O) groups is 2. The van der Waals surface area contributed by atoms with Crippen LogP contribution in [0.5, 0.6) is 0 Å². The lowest BCUT2D eigenvalue weighted by Crippen LogP contribution is -2.36. The Morgan fingerprint density at radius 3 is 2.16 bits per heavy atom. The van der Waals surface area contributed by atoms with Crippen molar-refractivity contribution >= 4 is 17.6 Å². The van der Waals surface area contributed by atoms with Crippen molar-refractivity contribution in [2.24, 2.45) is 0 Å². The Balaban J connectivity index is 1.49. The molecule has 1 aliphatic rings. The minimum absolute atomic E-state index is 0.162. The summed E-state index contributed by atoms with van der Waals surface area (Å²) in [5.74, 6) is 0.162. The molecule has 0 spiro atoms. The van der Waals surface area contributed by atoms with E-state index in [2.05, 4.69) is 10.6 Å². The van der Waals surface area contributed by atoms with E-state index in [0.29, 0.717) is 13.0 Å². The third kappa shape index (κ3) is 4.94. The Morgan fingerprint density at radius 1 is 0.903 bits per heavy atom. The van der Waals surface area contributed by atoms with Crippen molar-refractivity contribution in [2.75, 3.05) is 11.9 Å². The molecule has 5 heteroatoms. The van der Waals surface area contributed by atoms with Crippen molar-refractivity contribution in [3.8, 4) is 0 Å². The molecule has 0 unspecified atom stereocenters. The minimum atomic E-state index is -0.269. The number of nitrogens with zero attached hydrogens (tertiary/aromatic N) is 1. The molecule has 2 N–H and O–H groups in total. The molecule has 31 heavy (non-hydrogen) atoms. The number of amides is 3. The highest BCUT2D eigenvalue weighted by Crippen LogP contribution is 2.24. The van der Waals surface area contributed by atoms with Gasteiger partial charge in [-0.2, -0.15) is 0 Å². The summed E-state index contributed by atoms with van der Waals surface area (Å²) in [4.78, 5) is 26.8. The average Bonchev–Trinajstić information content (AvgIpc) is 2.82. The second kappa shape index (κ2) is 9.47. The molecule has 0 aromatic heterocycles. The van der Waals surface area contributed by atoms with E-state index in [1.807, 2.05) is 90.7 Å². The highest BCUT2D eigenvalue weighted by molar-refractivity contribution is 5.90. The Labute approximate surface area is 183 Å². The standard InChI is InChI=1S/C26H27N3O2/c1-2-24(30)29-16-15-19-13-14-23(17-22(19)18-29)27-26(31)28-25(20-9-5-3-6-10-20)21-11-7-4-8-12-21/h3-14,17,25H,2,15-16,18H2,1H3,(H2,27,28,31). The summed E-state index contributed by atoms with van der Waals surface area (Å²) in [5.41, 5.74) is 5.08. The molecule has 158 valence electrons. The largest absolute Gasteiger partial charge is 0.338 e. The molecule has 0 fully saturated rings. The van der Waals surface area contributed by atoms with Gasteiger partial charge in [0.15, 0.2) is 0 Å². The van der Waals surface area contributed by atoms with Crippen molar-refractivity contribution in [1.82, 2.24) is 10.2 Å². The van der Waals surface area contributed by atoms with Gasteiger partial charge in [0.2, 0.25) is 5.91 Å². The maximum Gasteiger partial charge on any atom is 0.319 e. The topological polar surface area (TPSA) is 61.4 Å². The molecule has 3 aromatic carbocycles. The Hall–Kier alpha value is -3.60. The maximum absolute atomic E-state index is 12.9. The zero-order valence-electron chi connectivity index (χ0n) is 17.7. The van der Waals surface area contributed by atoms with Gasteiger partial charge in [0.05, 0.1) is 6.04 Å². The number of rotatable bonds is 5. The first-order valence-electron chi connectivity index (χ1n) is 10.7. The lowest BCUT2D eigenvalue weighted by atomic mass is 9.98. The number of benzene rings is 3. The van der Waals surface area contributed by atoms with Gasteiger partial charge in [-0.25, -0.2) is 4.79 Å². The van der Waals surface area contributed by atoms with E-state index in [-0.39, 0.29) is 18.0 Å². The molecule has 0 atom stereocenters. The monoisotopic (exact) mass is 413 g/mol. The highest BCUT2D eigenvalue weighted by atomic mass is 16.2. The summed E-state index contributed by atoms with van der Waals surface area (Å²) in [6.07, 6.45) is 1.35. The van der Waals surface area contributed by atoms with E-state index in [4.69, 9.17) is 0 Å². The molecule has 0 saturated carbocycles. The van der Waals surface area contributed by atoms with Gasteiger partial charge < -0.3 is 15.5 Å². The number of hydrogen-bond donors (Lipinski definition) is 2. The number of anilines is 1. The molecule has 4 rings (SSSR count). The van der Waals surface area contributed by atoms with Crippen LogP contribution in [0.3, 0.4) is 0 Å². The van der Waals surface area contributed by atoms with Crippen LogP contribution in [0.4, 0.5) is 10.5 Å². The zero-order chi connectivity index (χ0) is 21.6. The van der Waals surface area contributed by atoms with Crippen LogP contribution in [-0.4, -0.2) is 23.4 Å². The number of nitrogens with one attached hydrogen (secondary N) is 2. The van der Waals surface area contributed by atoms with Gasteiger partial charge in [0, 0.05) is 25.2 Å². The van der Waals surface area contributed by atoms with E-state index in [1.165, 1.54) is 5.56 Å². The average molecular weight is 414 g/mol. The summed E-state index contributed by atoms with van der Waals surface area (Å²) in [6, 6.07) is 25.3. The van der Waals surface area contributed by atoms with Crippen LogP contribution in [-0.2, 0) is 17.8 Å². The van der Waals surface area contributed by atoms with Crippen molar-refractivity contribution in [3.63, 3.8) is 0 Å². The normalized spacial score (nSPS) is 12.9. The molecular formula is C26H27N3O2. The van der Waals surface area contributed by atoms with E-state index in [0.717, 1.165) is 35.3 Å². The van der Waals surface area contributed by atoms with E-state index in [1.54, 1.807) is 0 Å². The molecule has 3 amide bonds. The van der Waals surface area contributed by atoms with Gasteiger partial charge in [-0.15, -0.1) is 0 Å². The summed E-state index contributed by atoms with van der Waals surface area (Å²) in [5, 5.41) is 6.07. The first-order chi connectivity index (χ1) is 15.1. The van der Waals surface area contributed by atoms with Gasteiger partial charge in [-0.3, -0.25) is 4.79 Å². The zero-order valence-corrected chi connectivity index (χ0v) is 17.7. The fourth-order valence-corrected chi connectivity index (χ4v) is 4.02. The lowest BCUT2D eigenvalue weighted by molar-refractivity contribution is -0.131. The van der Waals surface area contributed by atoms with Gasteiger partial charge in [-0.1, -0.05) is 73.7 Å². The van der Waals surface area contributed by atoms with Crippen molar-refractivity contribution in [1.29, 1.82) is 0 Å². The predicted molar refractivity (Wildman–Crippen MR) is 123 cm³/mol. The summed E-state index contributed by atoms with van der Waals surface area (Å²) in [6.45, 7) is 3.23. The quantitative estimate of drug-likeness (QED) is 0.625. The Bertz CT molecular complexity index is 1010. The second-order valence-corrected chi connectivity index (χ2v) is 7.76. The van der Waals surface area contributed by atoms with E-state index in [9.17, 15) is 9.59 Å². The molecule has 0 saturated heterocycles. The fraction of sp³-hybridized carbons (Fsp3) is 0.231. The minimum Gasteiger partial charge on any atom is -0.338 e. The predicted octanol–water partition coefficient (Wildman–Crippen LogP) is 4.89. The van der Waals surface area contributed by atoms with Gasteiger partial charge >= 0.3 is 6.03 Å². The van der Waals surface area contributed by atoms with Crippen LogP contribution >= 0.6 is 0 Å². The van der Waals surface area contributed by atoms with E-state index >= 15 is 0 Å². The Morgan fingerprint density at radius 2 is 1.55 bits per heavy atom. The molecule has 1 heterocycles. The molecular weight excluding hydrogens is 386 g/mol. The summed E-state index contributed by atoms with van der Waals surface area (Å²) < 4.78 is 0. The molecule has 1 aliphatic heterocycles.